The van der Waals surface area contributed by atoms with Crippen LogP contribution in [-0.2, 0) is 6.54 Å². The standard InChI is InChI=1S/C12H15BrN4/c13-10-7-11-12(14-8-10)17(9-15-11)6-5-16-3-1-2-4-16/h7-9H,1-6H2. The Morgan fingerprint density at radius 1 is 1.18 bits per heavy atom. The summed E-state index contributed by atoms with van der Waals surface area (Å²) in [6, 6.07) is 2.01. The molecule has 1 aliphatic heterocycles. The third-order valence-corrected chi connectivity index (χ3v) is 3.71. The first-order valence-electron chi connectivity index (χ1n) is 6.02. The molecule has 3 heterocycles. The SMILES string of the molecule is Brc1cnc2c(c1)ncn2CCN1CCCC1. The van der Waals surface area contributed by atoms with Gasteiger partial charge in [-0.05, 0) is 47.9 Å². The molecule has 0 radical (unpaired) electrons. The Bertz CT molecular complexity index is 516. The molecule has 2 aromatic rings. The zero-order chi connectivity index (χ0) is 11.7. The van der Waals surface area contributed by atoms with E-state index in [9.17, 15) is 0 Å². The van der Waals surface area contributed by atoms with Gasteiger partial charge in [-0.2, -0.15) is 0 Å². The van der Waals surface area contributed by atoms with Gasteiger partial charge in [-0.25, -0.2) is 9.97 Å². The van der Waals surface area contributed by atoms with E-state index in [4.69, 9.17) is 0 Å². The van der Waals surface area contributed by atoms with Crippen molar-refractivity contribution in [2.45, 2.75) is 19.4 Å². The molecule has 0 saturated carbocycles. The molecule has 0 amide bonds. The van der Waals surface area contributed by atoms with Gasteiger partial charge in [-0.15, -0.1) is 0 Å². The van der Waals surface area contributed by atoms with E-state index in [1.165, 1.54) is 25.9 Å². The molecule has 1 fully saturated rings. The second-order valence-corrected chi connectivity index (χ2v) is 5.40. The van der Waals surface area contributed by atoms with Crippen molar-refractivity contribution in [2.75, 3.05) is 19.6 Å². The third-order valence-electron chi connectivity index (χ3n) is 3.28. The van der Waals surface area contributed by atoms with Crippen LogP contribution in [0.5, 0.6) is 0 Å². The fraction of sp³-hybridized carbons (Fsp3) is 0.500. The summed E-state index contributed by atoms with van der Waals surface area (Å²) in [5.74, 6) is 0. The fourth-order valence-electron chi connectivity index (χ4n) is 2.34. The number of fused-ring (bicyclic) bond motifs is 1. The highest BCUT2D eigenvalue weighted by molar-refractivity contribution is 9.10. The largest absolute Gasteiger partial charge is 0.314 e. The van der Waals surface area contributed by atoms with E-state index in [-0.39, 0.29) is 0 Å². The predicted octanol–water partition coefficient (Wildman–Crippen LogP) is 2.29. The van der Waals surface area contributed by atoms with Gasteiger partial charge in [0.15, 0.2) is 5.65 Å². The highest BCUT2D eigenvalue weighted by Gasteiger charge is 2.12. The number of nitrogens with zero attached hydrogens (tertiary/aromatic N) is 4. The number of pyridine rings is 1. The number of hydrogen-bond donors (Lipinski definition) is 0. The van der Waals surface area contributed by atoms with Crippen molar-refractivity contribution in [3.8, 4) is 0 Å². The molecule has 0 aromatic carbocycles. The minimum Gasteiger partial charge on any atom is -0.314 e. The molecule has 5 heteroatoms. The Kier molecular flexibility index (Phi) is 3.11. The minimum atomic E-state index is 0.959. The second kappa shape index (κ2) is 4.74. The third kappa shape index (κ3) is 2.35. The lowest BCUT2D eigenvalue weighted by molar-refractivity contribution is 0.324. The predicted molar refractivity (Wildman–Crippen MR) is 70.9 cm³/mol. The summed E-state index contributed by atoms with van der Waals surface area (Å²) >= 11 is 3.41. The quantitative estimate of drug-likeness (QED) is 0.871. The van der Waals surface area contributed by atoms with Crippen LogP contribution in [0.2, 0.25) is 0 Å². The first kappa shape index (κ1) is 11.2. The van der Waals surface area contributed by atoms with Crippen LogP contribution in [0.1, 0.15) is 12.8 Å². The van der Waals surface area contributed by atoms with Crippen molar-refractivity contribution < 1.29 is 0 Å². The Labute approximate surface area is 109 Å². The summed E-state index contributed by atoms with van der Waals surface area (Å²) in [7, 11) is 0. The van der Waals surface area contributed by atoms with Crippen LogP contribution in [0, 0.1) is 0 Å². The van der Waals surface area contributed by atoms with Crippen LogP contribution in [0.15, 0.2) is 23.1 Å². The summed E-state index contributed by atoms with van der Waals surface area (Å²) < 4.78 is 3.12. The highest BCUT2D eigenvalue weighted by Crippen LogP contribution is 2.16. The van der Waals surface area contributed by atoms with Gasteiger partial charge in [-0.3, -0.25) is 0 Å². The summed E-state index contributed by atoms with van der Waals surface area (Å²) in [6.45, 7) is 4.56. The van der Waals surface area contributed by atoms with Gasteiger partial charge < -0.3 is 9.47 Å². The lowest BCUT2D eigenvalue weighted by Gasteiger charge is -2.14. The van der Waals surface area contributed by atoms with Crippen LogP contribution in [0.3, 0.4) is 0 Å². The first-order valence-corrected chi connectivity index (χ1v) is 6.81. The van der Waals surface area contributed by atoms with E-state index in [1.807, 2.05) is 18.6 Å². The van der Waals surface area contributed by atoms with Gasteiger partial charge in [0.2, 0.25) is 0 Å². The van der Waals surface area contributed by atoms with Gasteiger partial charge >= 0.3 is 0 Å². The monoisotopic (exact) mass is 294 g/mol. The van der Waals surface area contributed by atoms with Crippen molar-refractivity contribution in [1.29, 1.82) is 0 Å². The van der Waals surface area contributed by atoms with Crippen molar-refractivity contribution in [3.63, 3.8) is 0 Å². The van der Waals surface area contributed by atoms with Gasteiger partial charge in [0.25, 0.3) is 0 Å². The van der Waals surface area contributed by atoms with E-state index in [1.54, 1.807) is 0 Å². The van der Waals surface area contributed by atoms with Crippen LogP contribution in [-0.4, -0.2) is 39.1 Å². The van der Waals surface area contributed by atoms with Gasteiger partial charge in [0.1, 0.15) is 5.52 Å². The zero-order valence-corrected chi connectivity index (χ0v) is 11.2. The molecule has 4 nitrogen and oxygen atoms in total. The number of aromatic nitrogens is 3. The number of rotatable bonds is 3. The molecule has 3 rings (SSSR count). The van der Waals surface area contributed by atoms with Crippen LogP contribution in [0.4, 0.5) is 0 Å². The Hall–Kier alpha value is -0.940. The molecule has 0 N–H and O–H groups in total. The van der Waals surface area contributed by atoms with E-state index < -0.39 is 0 Å². The Balaban J connectivity index is 1.76. The zero-order valence-electron chi connectivity index (χ0n) is 9.64. The maximum atomic E-state index is 4.42. The lowest BCUT2D eigenvalue weighted by atomic mass is 10.4. The number of likely N-dealkylation sites (tertiary alicyclic amines) is 1. The lowest BCUT2D eigenvalue weighted by Crippen LogP contribution is -2.23. The summed E-state index contributed by atoms with van der Waals surface area (Å²) in [6.07, 6.45) is 6.41. The van der Waals surface area contributed by atoms with Gasteiger partial charge in [0, 0.05) is 23.8 Å². The normalized spacial score (nSPS) is 17.0. The van der Waals surface area contributed by atoms with E-state index >= 15 is 0 Å². The van der Waals surface area contributed by atoms with Crippen LogP contribution < -0.4 is 0 Å². The Morgan fingerprint density at radius 2 is 2.00 bits per heavy atom. The molecule has 0 aliphatic carbocycles. The summed E-state index contributed by atoms with van der Waals surface area (Å²) in [5.41, 5.74) is 1.94. The molecule has 2 aromatic heterocycles. The van der Waals surface area contributed by atoms with E-state index in [2.05, 4.69) is 35.4 Å². The van der Waals surface area contributed by atoms with Crippen LogP contribution in [0.25, 0.3) is 11.2 Å². The summed E-state index contributed by atoms with van der Waals surface area (Å²) in [4.78, 5) is 11.3. The smallest absolute Gasteiger partial charge is 0.159 e. The molecule has 17 heavy (non-hydrogen) atoms. The van der Waals surface area contributed by atoms with Crippen molar-refractivity contribution in [3.05, 3.63) is 23.1 Å². The maximum Gasteiger partial charge on any atom is 0.159 e. The number of halogens is 1. The molecular formula is C12H15BrN4. The molecular weight excluding hydrogens is 280 g/mol. The highest BCUT2D eigenvalue weighted by atomic mass is 79.9. The number of imidazole rings is 1. The maximum absolute atomic E-state index is 4.42. The Morgan fingerprint density at radius 3 is 2.82 bits per heavy atom. The van der Waals surface area contributed by atoms with Crippen molar-refractivity contribution in [1.82, 2.24) is 19.4 Å². The minimum absolute atomic E-state index is 0.959. The van der Waals surface area contributed by atoms with Crippen LogP contribution >= 0.6 is 15.9 Å². The molecule has 90 valence electrons. The topological polar surface area (TPSA) is 34.0 Å². The average Bonchev–Trinajstić information content (AvgIpc) is 2.94. The molecule has 1 saturated heterocycles. The average molecular weight is 295 g/mol. The van der Waals surface area contributed by atoms with Crippen molar-refractivity contribution >= 4 is 27.1 Å². The molecule has 0 bridgehead atoms. The van der Waals surface area contributed by atoms with Crippen molar-refractivity contribution in [2.24, 2.45) is 0 Å². The summed E-state index contributed by atoms with van der Waals surface area (Å²) in [5, 5.41) is 0. The molecule has 0 atom stereocenters. The van der Waals surface area contributed by atoms with Gasteiger partial charge in [-0.1, -0.05) is 0 Å². The molecule has 0 spiro atoms. The number of hydrogen-bond acceptors (Lipinski definition) is 3. The first-order chi connectivity index (χ1) is 8.33. The van der Waals surface area contributed by atoms with E-state index in [0.29, 0.717) is 0 Å². The molecule has 1 aliphatic rings. The van der Waals surface area contributed by atoms with Gasteiger partial charge in [0.05, 0.1) is 6.33 Å². The fourth-order valence-corrected chi connectivity index (χ4v) is 2.66. The second-order valence-electron chi connectivity index (χ2n) is 4.48. The van der Waals surface area contributed by atoms with E-state index in [0.717, 1.165) is 28.7 Å². The molecule has 0 unspecified atom stereocenters.